The highest BCUT2D eigenvalue weighted by atomic mass is 19.3. The molecule has 1 saturated carbocycles. The van der Waals surface area contributed by atoms with Crippen LogP contribution in [0.25, 0.3) is 5.69 Å². The van der Waals surface area contributed by atoms with Crippen LogP contribution in [0.4, 0.5) is 8.78 Å². The highest BCUT2D eigenvalue weighted by Gasteiger charge is 2.41. The molecule has 8 nitrogen and oxygen atoms in total. The van der Waals surface area contributed by atoms with Crippen molar-refractivity contribution in [1.82, 2.24) is 25.6 Å². The van der Waals surface area contributed by atoms with Gasteiger partial charge in [-0.25, -0.2) is 4.68 Å². The predicted octanol–water partition coefficient (Wildman–Crippen LogP) is 3.53. The van der Waals surface area contributed by atoms with E-state index in [2.05, 4.69) is 32.6 Å². The van der Waals surface area contributed by atoms with E-state index in [9.17, 15) is 18.4 Å². The number of halogens is 2. The molecule has 0 bridgehead atoms. The van der Waals surface area contributed by atoms with Crippen molar-refractivity contribution >= 4 is 11.8 Å². The number of ether oxygens (including phenoxy) is 1. The predicted molar refractivity (Wildman–Crippen MR) is 114 cm³/mol. The van der Waals surface area contributed by atoms with E-state index in [1.54, 1.807) is 19.1 Å². The quantitative estimate of drug-likeness (QED) is 0.571. The molecule has 2 amide bonds. The van der Waals surface area contributed by atoms with Crippen LogP contribution in [-0.4, -0.2) is 45.5 Å². The molecule has 2 aromatic rings. The van der Waals surface area contributed by atoms with Gasteiger partial charge < -0.3 is 15.4 Å². The molecule has 1 aliphatic rings. The molecule has 10 heteroatoms. The SMILES string of the molecule is CCCCNC(=O)C1(NC(=O)c2nnn(-c3ccc(OC(F)F)cc3)c2C)CCCCC1. The zero-order valence-corrected chi connectivity index (χ0v) is 18.4. The first-order chi connectivity index (χ1) is 15.4. The van der Waals surface area contributed by atoms with Gasteiger partial charge in [0.2, 0.25) is 5.91 Å². The zero-order chi connectivity index (χ0) is 23.1. The van der Waals surface area contributed by atoms with Crippen molar-refractivity contribution in [3.63, 3.8) is 0 Å². The van der Waals surface area contributed by atoms with Gasteiger partial charge in [-0.05, 0) is 50.5 Å². The number of carbonyl (C=O) groups excluding carboxylic acids is 2. The number of carbonyl (C=O) groups is 2. The summed E-state index contributed by atoms with van der Waals surface area (Å²) < 4.78 is 30.5. The van der Waals surface area contributed by atoms with Crippen LogP contribution in [0.2, 0.25) is 0 Å². The van der Waals surface area contributed by atoms with Crippen LogP contribution in [0.3, 0.4) is 0 Å². The van der Waals surface area contributed by atoms with Gasteiger partial charge in [-0.15, -0.1) is 5.10 Å². The molecular formula is C22H29F2N5O3. The van der Waals surface area contributed by atoms with Crippen molar-refractivity contribution in [3.8, 4) is 11.4 Å². The summed E-state index contributed by atoms with van der Waals surface area (Å²) in [5.41, 5.74) is 0.181. The Labute approximate surface area is 185 Å². The maximum absolute atomic E-state index is 13.1. The van der Waals surface area contributed by atoms with Crippen molar-refractivity contribution in [2.24, 2.45) is 0 Å². The van der Waals surface area contributed by atoms with E-state index in [0.717, 1.165) is 32.1 Å². The second-order valence-electron chi connectivity index (χ2n) is 8.01. The summed E-state index contributed by atoms with van der Waals surface area (Å²) in [6, 6.07) is 5.87. The molecule has 0 unspecified atom stereocenters. The standard InChI is InChI=1S/C22H29F2N5O3/c1-3-4-14-25-20(31)22(12-6-5-7-13-22)26-19(30)18-15(2)29(28-27-18)16-8-10-17(11-9-16)32-21(23)24/h8-11,21H,3-7,12-14H2,1-2H3,(H,25,31)(H,26,30). The maximum atomic E-state index is 13.1. The number of amides is 2. The normalized spacial score (nSPS) is 15.4. The van der Waals surface area contributed by atoms with Gasteiger partial charge in [0.15, 0.2) is 5.69 Å². The Morgan fingerprint density at radius 1 is 1.19 bits per heavy atom. The number of aromatic nitrogens is 3. The van der Waals surface area contributed by atoms with E-state index in [4.69, 9.17) is 0 Å². The fourth-order valence-corrected chi connectivity index (χ4v) is 3.94. The number of hydrogen-bond donors (Lipinski definition) is 2. The van der Waals surface area contributed by atoms with Gasteiger partial charge in [0, 0.05) is 6.54 Å². The number of nitrogens with one attached hydrogen (secondary N) is 2. The molecule has 1 heterocycles. The minimum absolute atomic E-state index is 0.0211. The number of alkyl halides is 2. The monoisotopic (exact) mass is 449 g/mol. The molecule has 1 aromatic carbocycles. The van der Waals surface area contributed by atoms with Crippen molar-refractivity contribution in [2.75, 3.05) is 6.54 Å². The summed E-state index contributed by atoms with van der Waals surface area (Å²) in [6.45, 7) is 1.41. The lowest BCUT2D eigenvalue weighted by Crippen LogP contribution is -2.60. The van der Waals surface area contributed by atoms with Crippen LogP contribution in [-0.2, 0) is 4.79 Å². The average molecular weight is 450 g/mol. The third kappa shape index (κ3) is 5.41. The van der Waals surface area contributed by atoms with Gasteiger partial charge in [0.1, 0.15) is 11.3 Å². The van der Waals surface area contributed by atoms with Crippen LogP contribution in [0.15, 0.2) is 24.3 Å². The molecule has 3 rings (SSSR count). The highest BCUT2D eigenvalue weighted by molar-refractivity contribution is 5.98. The Balaban J connectivity index is 1.77. The second-order valence-corrected chi connectivity index (χ2v) is 8.01. The van der Waals surface area contributed by atoms with E-state index >= 15 is 0 Å². The molecule has 0 saturated heterocycles. The van der Waals surface area contributed by atoms with Gasteiger partial charge >= 0.3 is 6.61 Å². The van der Waals surface area contributed by atoms with Crippen molar-refractivity contribution < 1.29 is 23.1 Å². The lowest BCUT2D eigenvalue weighted by molar-refractivity contribution is -0.128. The number of benzene rings is 1. The van der Waals surface area contributed by atoms with Crippen LogP contribution in [0, 0.1) is 6.92 Å². The van der Waals surface area contributed by atoms with E-state index in [1.807, 2.05) is 0 Å². The third-order valence-electron chi connectivity index (χ3n) is 5.73. The molecule has 0 atom stereocenters. The molecule has 1 aromatic heterocycles. The van der Waals surface area contributed by atoms with Gasteiger partial charge in [-0.3, -0.25) is 9.59 Å². The molecule has 1 fully saturated rings. The summed E-state index contributed by atoms with van der Waals surface area (Å²) in [4.78, 5) is 26.0. The Bertz CT molecular complexity index is 924. The van der Waals surface area contributed by atoms with Crippen LogP contribution < -0.4 is 15.4 Å². The lowest BCUT2D eigenvalue weighted by Gasteiger charge is -2.36. The summed E-state index contributed by atoms with van der Waals surface area (Å²) in [5, 5.41) is 13.9. The van der Waals surface area contributed by atoms with Gasteiger partial charge in [-0.1, -0.05) is 37.8 Å². The first kappa shape index (κ1) is 23.6. The lowest BCUT2D eigenvalue weighted by atomic mass is 9.80. The Hall–Kier alpha value is -3.04. The van der Waals surface area contributed by atoms with Crippen LogP contribution >= 0.6 is 0 Å². The minimum Gasteiger partial charge on any atom is -0.435 e. The van der Waals surface area contributed by atoms with Gasteiger partial charge in [0.05, 0.1) is 11.4 Å². The van der Waals surface area contributed by atoms with Gasteiger partial charge in [-0.2, -0.15) is 8.78 Å². The van der Waals surface area contributed by atoms with Crippen LogP contribution in [0.1, 0.15) is 68.1 Å². The number of rotatable bonds is 9. The van der Waals surface area contributed by atoms with Crippen molar-refractivity contribution in [1.29, 1.82) is 0 Å². The Morgan fingerprint density at radius 2 is 1.88 bits per heavy atom. The number of unbranched alkanes of at least 4 members (excludes halogenated alkanes) is 1. The fraction of sp³-hybridized carbons (Fsp3) is 0.545. The summed E-state index contributed by atoms with van der Waals surface area (Å²) in [5.74, 6) is -0.592. The molecule has 0 aliphatic heterocycles. The second kappa shape index (κ2) is 10.5. The first-order valence-corrected chi connectivity index (χ1v) is 10.9. The molecule has 0 spiro atoms. The largest absolute Gasteiger partial charge is 0.435 e. The summed E-state index contributed by atoms with van der Waals surface area (Å²) >= 11 is 0. The van der Waals surface area contributed by atoms with Crippen molar-refractivity contribution in [2.45, 2.75) is 70.9 Å². The zero-order valence-electron chi connectivity index (χ0n) is 18.4. The first-order valence-electron chi connectivity index (χ1n) is 10.9. The third-order valence-corrected chi connectivity index (χ3v) is 5.73. The molecule has 2 N–H and O–H groups in total. The smallest absolute Gasteiger partial charge is 0.387 e. The summed E-state index contributed by atoms with van der Waals surface area (Å²) in [7, 11) is 0. The average Bonchev–Trinajstić information content (AvgIpc) is 3.16. The molecular weight excluding hydrogens is 420 g/mol. The molecule has 32 heavy (non-hydrogen) atoms. The highest BCUT2D eigenvalue weighted by Crippen LogP contribution is 2.29. The number of nitrogens with zero attached hydrogens (tertiary/aromatic N) is 3. The van der Waals surface area contributed by atoms with E-state index in [1.165, 1.54) is 16.8 Å². The topological polar surface area (TPSA) is 98.1 Å². The Kier molecular flexibility index (Phi) is 7.76. The van der Waals surface area contributed by atoms with E-state index in [0.29, 0.717) is 30.8 Å². The fourth-order valence-electron chi connectivity index (χ4n) is 3.94. The Morgan fingerprint density at radius 3 is 2.50 bits per heavy atom. The van der Waals surface area contributed by atoms with Crippen molar-refractivity contribution in [3.05, 3.63) is 35.7 Å². The van der Waals surface area contributed by atoms with E-state index < -0.39 is 18.1 Å². The minimum atomic E-state index is -2.91. The van der Waals surface area contributed by atoms with Gasteiger partial charge in [0.25, 0.3) is 5.91 Å². The summed E-state index contributed by atoms with van der Waals surface area (Å²) in [6.07, 6.45) is 5.76. The maximum Gasteiger partial charge on any atom is 0.387 e. The molecule has 0 radical (unpaired) electrons. The molecule has 1 aliphatic carbocycles. The molecule has 174 valence electrons. The van der Waals surface area contributed by atoms with Crippen LogP contribution in [0.5, 0.6) is 5.75 Å². The number of hydrogen-bond acceptors (Lipinski definition) is 5. The van der Waals surface area contributed by atoms with E-state index in [-0.39, 0.29) is 17.4 Å².